The van der Waals surface area contributed by atoms with Crippen LogP contribution in [-0.2, 0) is 17.8 Å². The fraction of sp³-hybridized carbons (Fsp3) is 0.231. The first kappa shape index (κ1) is 24.5. The van der Waals surface area contributed by atoms with Crippen molar-refractivity contribution in [2.24, 2.45) is 0 Å². The van der Waals surface area contributed by atoms with Crippen LogP contribution in [0.2, 0.25) is 5.02 Å². The van der Waals surface area contributed by atoms with Crippen LogP contribution >= 0.6 is 22.4 Å². The summed E-state index contributed by atoms with van der Waals surface area (Å²) in [5.74, 6) is 0.0664. The molecule has 188 valence electrons. The van der Waals surface area contributed by atoms with Gasteiger partial charge in [-0.25, -0.2) is 4.79 Å². The van der Waals surface area contributed by atoms with Gasteiger partial charge in [0, 0.05) is 35.9 Å². The van der Waals surface area contributed by atoms with Crippen LogP contribution in [0.4, 0.5) is 21.9 Å². The molecule has 1 atom stereocenters. The highest BCUT2D eigenvalue weighted by Crippen LogP contribution is 2.50. The topological polar surface area (TPSA) is 105 Å². The zero-order chi connectivity index (χ0) is 25.3. The predicted molar refractivity (Wildman–Crippen MR) is 145 cm³/mol. The highest BCUT2D eigenvalue weighted by atomic mass is 35.5. The summed E-state index contributed by atoms with van der Waals surface area (Å²) in [5, 5.41) is 6.35. The summed E-state index contributed by atoms with van der Waals surface area (Å²) in [7, 11) is -2.78. The molecule has 8 nitrogen and oxygen atoms in total. The lowest BCUT2D eigenvalue weighted by Crippen LogP contribution is -2.52. The quantitative estimate of drug-likeness (QED) is 0.343. The van der Waals surface area contributed by atoms with E-state index in [0.717, 1.165) is 17.5 Å². The number of hydrogen-bond acceptors (Lipinski definition) is 5. The Bertz CT molecular complexity index is 1270. The number of nitrogens with zero attached hydrogens (tertiary/aromatic N) is 2. The van der Waals surface area contributed by atoms with Crippen molar-refractivity contribution in [2.45, 2.75) is 25.4 Å². The van der Waals surface area contributed by atoms with Crippen LogP contribution in [-0.4, -0.2) is 44.3 Å². The molecule has 5 rings (SSSR count). The first-order chi connectivity index (χ1) is 17.3. The van der Waals surface area contributed by atoms with E-state index in [1.54, 1.807) is 57.7 Å². The van der Waals surface area contributed by atoms with E-state index in [1.807, 2.05) is 24.3 Å². The molecule has 0 aromatic heterocycles. The van der Waals surface area contributed by atoms with Crippen LogP contribution < -0.4 is 14.9 Å². The van der Waals surface area contributed by atoms with E-state index in [1.165, 1.54) is 0 Å². The van der Waals surface area contributed by atoms with Crippen LogP contribution in [0.3, 0.4) is 0 Å². The van der Waals surface area contributed by atoms with Crippen molar-refractivity contribution in [3.63, 3.8) is 0 Å². The second kappa shape index (κ2) is 10.0. The van der Waals surface area contributed by atoms with E-state index in [2.05, 4.69) is 10.6 Å². The van der Waals surface area contributed by atoms with Gasteiger partial charge in [0.1, 0.15) is 6.04 Å². The van der Waals surface area contributed by atoms with Gasteiger partial charge in [0.2, 0.25) is 5.91 Å². The lowest BCUT2D eigenvalue weighted by Gasteiger charge is -2.38. The number of benzene rings is 3. The van der Waals surface area contributed by atoms with E-state index >= 15 is 0 Å². The molecule has 0 radical (unpaired) electrons. The summed E-state index contributed by atoms with van der Waals surface area (Å²) in [6, 6.07) is 20.5. The average Bonchev–Trinajstić information content (AvgIpc) is 3.23. The molecule has 0 aliphatic carbocycles. The number of carbonyl (C=O) groups is 2. The van der Waals surface area contributed by atoms with E-state index in [-0.39, 0.29) is 11.9 Å². The molecule has 4 N–H and O–H groups in total. The maximum atomic E-state index is 13.4. The molecule has 0 bridgehead atoms. The molecule has 2 aliphatic heterocycles. The van der Waals surface area contributed by atoms with Crippen molar-refractivity contribution >= 4 is 51.4 Å². The molecule has 1 saturated heterocycles. The Labute approximate surface area is 216 Å². The van der Waals surface area contributed by atoms with Crippen LogP contribution in [0.1, 0.15) is 17.5 Å². The lowest BCUT2D eigenvalue weighted by atomic mass is 9.93. The smallest absolute Gasteiger partial charge is 0.322 e. The largest absolute Gasteiger partial charge is 0.324 e. The number of urea groups is 1. The first-order valence-corrected chi connectivity index (χ1v) is 13.7. The molecule has 1 fully saturated rings. The molecule has 0 spiro atoms. The minimum Gasteiger partial charge on any atom is -0.324 e. The predicted octanol–water partition coefficient (Wildman–Crippen LogP) is 5.81. The van der Waals surface area contributed by atoms with Gasteiger partial charge in [-0.15, -0.1) is 10.8 Å². The number of fused-ring (bicyclic) bond motifs is 1. The van der Waals surface area contributed by atoms with E-state index in [0.29, 0.717) is 47.3 Å². The highest BCUT2D eigenvalue weighted by molar-refractivity contribution is 8.25. The molecule has 10 heteroatoms. The third-order valence-corrected chi connectivity index (χ3v) is 8.65. The fourth-order valence-corrected chi connectivity index (χ4v) is 6.34. The Kier molecular flexibility index (Phi) is 6.81. The normalized spacial score (nSPS) is 19.4. The van der Waals surface area contributed by atoms with Crippen molar-refractivity contribution < 1.29 is 18.7 Å². The van der Waals surface area contributed by atoms with E-state index < -0.39 is 16.8 Å². The summed E-state index contributed by atoms with van der Waals surface area (Å²) in [4.78, 5) is 28.2. The Balaban J connectivity index is 1.33. The van der Waals surface area contributed by atoms with Gasteiger partial charge in [0.05, 0.1) is 11.4 Å². The van der Waals surface area contributed by atoms with Gasteiger partial charge in [-0.05, 0) is 66.1 Å². The number of anilines is 3. The molecule has 2 heterocycles. The summed E-state index contributed by atoms with van der Waals surface area (Å²) >= 11 is 5.95. The summed E-state index contributed by atoms with van der Waals surface area (Å²) < 4.78 is 22.0. The minimum absolute atomic E-state index is 0.297. The highest BCUT2D eigenvalue weighted by Gasteiger charge is 2.35. The molecule has 2 aliphatic rings. The van der Waals surface area contributed by atoms with E-state index in [9.17, 15) is 18.7 Å². The van der Waals surface area contributed by atoms with Crippen molar-refractivity contribution in [2.75, 3.05) is 27.2 Å². The number of carbonyl (C=O) groups excluding carboxylic acids is 2. The third-order valence-electron chi connectivity index (χ3n) is 6.46. The monoisotopic (exact) mass is 526 g/mol. The summed E-state index contributed by atoms with van der Waals surface area (Å²) in [6.07, 6.45) is 1.11. The zero-order valence-corrected chi connectivity index (χ0v) is 21.0. The van der Waals surface area contributed by atoms with Gasteiger partial charge in [-0.1, -0.05) is 35.9 Å². The number of rotatable bonds is 4. The van der Waals surface area contributed by atoms with Crippen molar-refractivity contribution in [3.05, 3.63) is 88.9 Å². The Hall–Kier alpha value is -3.24. The number of halogens is 1. The molecule has 3 aromatic carbocycles. The second-order valence-corrected chi connectivity index (χ2v) is 11.4. The number of nitrogens with one attached hydrogen (secondary N) is 2. The second-order valence-electron chi connectivity index (χ2n) is 8.88. The van der Waals surface area contributed by atoms with Gasteiger partial charge in [-0.2, -0.15) is 0 Å². The average molecular weight is 527 g/mol. The SMILES string of the molecule is O=C(Nc1ccc(N2CCCS2(O)O)cc1)[C@H]1Cc2ccccc2CN1C(=O)Nc1ccc(Cl)cc1. The molecular weight excluding hydrogens is 500 g/mol. The lowest BCUT2D eigenvalue weighted by molar-refractivity contribution is -0.120. The maximum Gasteiger partial charge on any atom is 0.322 e. The van der Waals surface area contributed by atoms with E-state index in [4.69, 9.17) is 11.6 Å². The fourth-order valence-electron chi connectivity index (χ4n) is 4.59. The molecular formula is C26H27ClN4O4S. The van der Waals surface area contributed by atoms with Crippen molar-refractivity contribution in [3.8, 4) is 0 Å². The zero-order valence-electron chi connectivity index (χ0n) is 19.4. The van der Waals surface area contributed by atoms with Gasteiger partial charge in [-0.3, -0.25) is 18.2 Å². The Morgan fingerprint density at radius 3 is 2.19 bits per heavy atom. The molecule has 36 heavy (non-hydrogen) atoms. The first-order valence-electron chi connectivity index (χ1n) is 11.6. The molecule has 0 unspecified atom stereocenters. The van der Waals surface area contributed by atoms with Crippen LogP contribution in [0.15, 0.2) is 72.8 Å². The summed E-state index contributed by atoms with van der Waals surface area (Å²) in [5.41, 5.74) is 3.88. The van der Waals surface area contributed by atoms with Crippen LogP contribution in [0.5, 0.6) is 0 Å². The van der Waals surface area contributed by atoms with Crippen LogP contribution in [0, 0.1) is 0 Å². The van der Waals surface area contributed by atoms with Crippen molar-refractivity contribution in [1.29, 1.82) is 0 Å². The summed E-state index contributed by atoms with van der Waals surface area (Å²) in [6.45, 7) is 0.882. The third kappa shape index (κ3) is 5.15. The molecule has 3 aromatic rings. The van der Waals surface area contributed by atoms with Gasteiger partial charge in [0.15, 0.2) is 0 Å². The van der Waals surface area contributed by atoms with Gasteiger partial charge in [0.25, 0.3) is 0 Å². The minimum atomic E-state index is -2.78. The van der Waals surface area contributed by atoms with Gasteiger partial charge >= 0.3 is 6.03 Å². The standard InChI is InChI=1S/C26H27ClN4O4S/c27-20-6-8-22(9-7-20)29-26(33)30-17-19-5-2-1-4-18(19)16-24(30)25(32)28-21-10-12-23(13-11-21)31-14-3-15-36(31,34)35/h1-2,4-13,24,34-35H,3,14-17H2,(H,28,32)(H,29,33)/t24-/m1/s1. The van der Waals surface area contributed by atoms with Gasteiger partial charge < -0.3 is 15.5 Å². The number of hydrogen-bond donors (Lipinski definition) is 4. The Morgan fingerprint density at radius 2 is 1.53 bits per heavy atom. The van der Waals surface area contributed by atoms with Crippen molar-refractivity contribution in [1.82, 2.24) is 4.90 Å². The maximum absolute atomic E-state index is 13.4. The van der Waals surface area contributed by atoms with Crippen LogP contribution in [0.25, 0.3) is 0 Å². The Morgan fingerprint density at radius 1 is 0.889 bits per heavy atom. The number of amides is 3. The molecule has 3 amide bonds. The molecule has 0 saturated carbocycles.